The highest BCUT2D eigenvalue weighted by molar-refractivity contribution is 9.09. The maximum Gasteiger partial charge on any atom is 0.331 e. The van der Waals surface area contributed by atoms with Gasteiger partial charge in [0.25, 0.3) is 0 Å². The summed E-state index contributed by atoms with van der Waals surface area (Å²) in [5, 5.41) is 0.511. The van der Waals surface area contributed by atoms with Crippen molar-refractivity contribution < 1.29 is 27.8 Å². The van der Waals surface area contributed by atoms with Crippen molar-refractivity contribution in [1.29, 1.82) is 0 Å². The highest BCUT2D eigenvalue weighted by Crippen LogP contribution is 2.17. The Morgan fingerprint density at radius 1 is 0.806 bits per heavy atom. The molecule has 31 heavy (non-hydrogen) atoms. The Bertz CT molecular complexity index is 904. The van der Waals surface area contributed by atoms with Crippen LogP contribution in [0, 0.1) is 11.6 Å². The molecule has 0 amide bonds. The topological polar surface area (TPSA) is 52.6 Å². The lowest BCUT2D eigenvalue weighted by Crippen LogP contribution is -2.01. The minimum absolute atomic E-state index is 0.289. The number of alkyl halides is 1. The zero-order valence-electron chi connectivity index (χ0n) is 17.7. The molecule has 0 heterocycles. The smallest absolute Gasteiger partial charge is 0.331 e. The molecule has 0 atom stereocenters. The molecule has 166 valence electrons. The van der Waals surface area contributed by atoms with Gasteiger partial charge in [0.2, 0.25) is 0 Å². The molecule has 0 fully saturated rings. The zero-order chi connectivity index (χ0) is 23.2. The van der Waals surface area contributed by atoms with Gasteiger partial charge >= 0.3 is 11.9 Å². The van der Waals surface area contributed by atoms with Crippen LogP contribution in [0.15, 0.2) is 60.7 Å². The first kappa shape index (κ1) is 26.2. The van der Waals surface area contributed by atoms with Gasteiger partial charge in [-0.25, -0.2) is 18.4 Å². The van der Waals surface area contributed by atoms with E-state index < -0.39 is 0 Å². The van der Waals surface area contributed by atoms with Crippen molar-refractivity contribution in [2.45, 2.75) is 20.8 Å². The molecule has 0 radical (unpaired) electrons. The van der Waals surface area contributed by atoms with Gasteiger partial charge in [-0.1, -0.05) is 40.2 Å². The Morgan fingerprint density at radius 3 is 1.65 bits per heavy atom. The molecule has 0 spiro atoms. The number of allylic oxidation sites excluding steroid dienone is 2. The molecule has 4 nitrogen and oxygen atoms in total. The standard InChI is InChI=1S/C12H12BrFO2.C12H13FO2/c1-2-16-12(15)7-10(8-13)9-3-5-11(14)6-4-9;1-3-15-12(14)8-9(2)10-4-6-11(13)7-5-10/h3-7H,2,8H2,1H3;4-8H,3H2,1-2H3. The van der Waals surface area contributed by atoms with Crippen LogP contribution in [0.25, 0.3) is 11.1 Å². The number of esters is 2. The lowest BCUT2D eigenvalue weighted by Gasteiger charge is -2.04. The normalized spacial score (nSPS) is 11.3. The lowest BCUT2D eigenvalue weighted by molar-refractivity contribution is -0.138. The number of benzene rings is 2. The lowest BCUT2D eigenvalue weighted by atomic mass is 10.1. The van der Waals surface area contributed by atoms with Crippen molar-refractivity contribution in [1.82, 2.24) is 0 Å². The highest BCUT2D eigenvalue weighted by atomic mass is 79.9. The number of ether oxygens (including phenoxy) is 2. The molecular formula is C24H25BrF2O4. The molecule has 0 aliphatic heterocycles. The minimum atomic E-state index is -0.388. The molecule has 0 aromatic heterocycles. The van der Waals surface area contributed by atoms with Crippen LogP contribution in [-0.4, -0.2) is 30.5 Å². The van der Waals surface area contributed by atoms with Gasteiger partial charge in [-0.3, -0.25) is 0 Å². The fraction of sp³-hybridized carbons (Fsp3) is 0.250. The summed E-state index contributed by atoms with van der Waals surface area (Å²) in [6.45, 7) is 5.97. The molecule has 0 saturated carbocycles. The predicted molar refractivity (Wildman–Crippen MR) is 121 cm³/mol. The van der Waals surface area contributed by atoms with Crippen LogP contribution in [-0.2, 0) is 19.1 Å². The highest BCUT2D eigenvalue weighted by Gasteiger charge is 2.04. The number of hydrogen-bond acceptors (Lipinski definition) is 4. The second-order valence-electron chi connectivity index (χ2n) is 6.15. The van der Waals surface area contributed by atoms with Gasteiger partial charge in [0.15, 0.2) is 0 Å². The van der Waals surface area contributed by atoms with E-state index in [-0.39, 0.29) is 23.6 Å². The molecule has 2 rings (SSSR count). The third kappa shape index (κ3) is 10.2. The molecule has 7 heteroatoms. The maximum absolute atomic E-state index is 12.7. The van der Waals surface area contributed by atoms with Crippen molar-refractivity contribution in [2.75, 3.05) is 18.5 Å². The summed E-state index contributed by atoms with van der Waals surface area (Å²) in [5.41, 5.74) is 3.13. The first-order valence-electron chi connectivity index (χ1n) is 9.60. The number of rotatable bonds is 7. The summed E-state index contributed by atoms with van der Waals surface area (Å²) >= 11 is 3.28. The summed E-state index contributed by atoms with van der Waals surface area (Å²) in [6.07, 6.45) is 2.81. The SMILES string of the molecule is CCOC(=O)C=C(C)c1ccc(F)cc1.CCOC(=O)C=C(CBr)c1ccc(F)cc1. The molecule has 0 unspecified atom stereocenters. The van der Waals surface area contributed by atoms with Crippen molar-refractivity contribution >= 4 is 39.0 Å². The fourth-order valence-electron chi connectivity index (χ4n) is 2.35. The van der Waals surface area contributed by atoms with E-state index in [1.807, 2.05) is 0 Å². The van der Waals surface area contributed by atoms with Gasteiger partial charge < -0.3 is 9.47 Å². The Kier molecular flexibility index (Phi) is 12.1. The van der Waals surface area contributed by atoms with Crippen LogP contribution in [0.2, 0.25) is 0 Å². The second kappa shape index (κ2) is 14.2. The molecular weight excluding hydrogens is 470 g/mol. The third-order valence-electron chi connectivity index (χ3n) is 3.86. The van der Waals surface area contributed by atoms with Crippen LogP contribution in [0.5, 0.6) is 0 Å². The van der Waals surface area contributed by atoms with Crippen LogP contribution < -0.4 is 0 Å². The molecule has 2 aromatic rings. The van der Waals surface area contributed by atoms with Crippen molar-refractivity contribution in [2.24, 2.45) is 0 Å². The van der Waals surface area contributed by atoms with E-state index in [1.165, 1.54) is 36.4 Å². The van der Waals surface area contributed by atoms with E-state index in [1.54, 1.807) is 45.0 Å². The Hall–Kier alpha value is -2.80. The molecule has 2 aromatic carbocycles. The Labute approximate surface area is 189 Å². The third-order valence-corrected chi connectivity index (χ3v) is 4.46. The monoisotopic (exact) mass is 494 g/mol. The molecule has 0 bridgehead atoms. The van der Waals surface area contributed by atoms with Crippen molar-refractivity contribution in [3.05, 3.63) is 83.4 Å². The first-order chi connectivity index (χ1) is 14.8. The van der Waals surface area contributed by atoms with E-state index in [2.05, 4.69) is 15.9 Å². The number of halogens is 3. The van der Waals surface area contributed by atoms with E-state index >= 15 is 0 Å². The summed E-state index contributed by atoms with van der Waals surface area (Å²) < 4.78 is 34.9. The summed E-state index contributed by atoms with van der Waals surface area (Å²) in [5.74, 6) is -1.35. The quantitative estimate of drug-likeness (QED) is 0.270. The van der Waals surface area contributed by atoms with E-state index in [4.69, 9.17) is 9.47 Å². The predicted octanol–water partition coefficient (Wildman–Crippen LogP) is 5.96. The average Bonchev–Trinajstić information content (AvgIpc) is 2.74. The molecule has 0 aliphatic carbocycles. The molecule has 0 N–H and O–H groups in total. The van der Waals surface area contributed by atoms with Gasteiger partial charge in [-0.2, -0.15) is 0 Å². The molecule has 0 aliphatic rings. The summed E-state index contributed by atoms with van der Waals surface area (Å²) in [4.78, 5) is 22.4. The second-order valence-corrected chi connectivity index (χ2v) is 6.71. The first-order valence-corrected chi connectivity index (χ1v) is 10.7. The van der Waals surface area contributed by atoms with Crippen molar-refractivity contribution in [3.8, 4) is 0 Å². The van der Waals surface area contributed by atoms with Gasteiger partial charge in [0.05, 0.1) is 13.2 Å². The maximum atomic E-state index is 12.7. The number of carbonyl (C=O) groups is 2. The van der Waals surface area contributed by atoms with Gasteiger partial charge in [0.1, 0.15) is 11.6 Å². The van der Waals surface area contributed by atoms with Crippen LogP contribution in [0.4, 0.5) is 8.78 Å². The van der Waals surface area contributed by atoms with Gasteiger partial charge in [-0.05, 0) is 67.3 Å². The van der Waals surface area contributed by atoms with Gasteiger partial charge in [-0.15, -0.1) is 0 Å². The van der Waals surface area contributed by atoms with E-state index in [0.717, 1.165) is 22.3 Å². The van der Waals surface area contributed by atoms with E-state index in [0.29, 0.717) is 18.5 Å². The van der Waals surface area contributed by atoms with Gasteiger partial charge in [0, 0.05) is 17.5 Å². The number of hydrogen-bond donors (Lipinski definition) is 0. The summed E-state index contributed by atoms with van der Waals surface area (Å²) in [7, 11) is 0. The summed E-state index contributed by atoms with van der Waals surface area (Å²) in [6, 6.07) is 11.9. The zero-order valence-corrected chi connectivity index (χ0v) is 19.2. The van der Waals surface area contributed by atoms with E-state index in [9.17, 15) is 18.4 Å². The minimum Gasteiger partial charge on any atom is -0.463 e. The van der Waals surface area contributed by atoms with Crippen molar-refractivity contribution in [3.63, 3.8) is 0 Å². The van der Waals surface area contributed by atoms with Crippen LogP contribution in [0.3, 0.4) is 0 Å². The average molecular weight is 495 g/mol. The fourth-order valence-corrected chi connectivity index (χ4v) is 2.83. The Morgan fingerprint density at radius 2 is 1.23 bits per heavy atom. The largest absolute Gasteiger partial charge is 0.463 e. The number of carbonyl (C=O) groups excluding carboxylic acids is 2. The van der Waals surface area contributed by atoms with Crippen LogP contribution in [0.1, 0.15) is 31.9 Å². The Balaban J connectivity index is 0.000000311. The molecule has 0 saturated heterocycles. The van der Waals surface area contributed by atoms with Crippen LogP contribution >= 0.6 is 15.9 Å².